The highest BCUT2D eigenvalue weighted by Crippen LogP contribution is 1.85. The zero-order valence-electron chi connectivity index (χ0n) is 7.66. The monoisotopic (exact) mass is 264 g/mol. The van der Waals surface area contributed by atoms with Crippen LogP contribution in [0, 0.1) is 0 Å². The van der Waals surface area contributed by atoms with E-state index < -0.39 is 20.0 Å². The smallest absolute Gasteiger partial charge is 0.212 e. The van der Waals surface area contributed by atoms with E-state index in [0.717, 1.165) is 6.26 Å². The molecule has 0 bridgehead atoms. The molecule has 0 amide bonds. The lowest BCUT2D eigenvalue weighted by atomic mass is 10.7. The fraction of sp³-hybridized carbons (Fsp3) is 1.00. The summed E-state index contributed by atoms with van der Waals surface area (Å²) in [5.74, 6) is -0.164. The van der Waals surface area contributed by atoms with E-state index in [0.29, 0.717) is 0 Å². The summed E-state index contributed by atoms with van der Waals surface area (Å²) < 4.78 is 47.5. The van der Waals surface area contributed by atoms with Gasteiger partial charge in [0.2, 0.25) is 20.0 Å². The molecule has 0 aromatic carbocycles. The van der Waals surface area contributed by atoms with Crippen molar-refractivity contribution in [2.45, 2.75) is 0 Å². The Balaban J connectivity index is 3.76. The molecule has 0 radical (unpaired) electrons. The molecular weight excluding hydrogens is 252 g/mol. The van der Waals surface area contributed by atoms with Crippen LogP contribution in [-0.4, -0.2) is 47.8 Å². The van der Waals surface area contributed by atoms with Crippen molar-refractivity contribution in [3.8, 4) is 0 Å². The average Bonchev–Trinajstić information content (AvgIpc) is 1.96. The summed E-state index contributed by atoms with van der Waals surface area (Å²) in [6.45, 7) is 0.0483. The molecule has 86 valence electrons. The lowest BCUT2D eigenvalue weighted by Gasteiger charge is -2.04. The summed E-state index contributed by atoms with van der Waals surface area (Å²) in [5.41, 5.74) is 0. The highest BCUT2D eigenvalue weighted by molar-refractivity contribution is 7.89. The number of hydrogen-bond donors (Lipinski definition) is 2. The molecule has 0 unspecified atom stereocenters. The predicted octanol–water partition coefficient (Wildman–Crippen LogP) is -1.31. The van der Waals surface area contributed by atoms with Crippen LogP contribution in [0.3, 0.4) is 0 Å². The van der Waals surface area contributed by atoms with Crippen LogP contribution in [0.2, 0.25) is 0 Å². The van der Waals surface area contributed by atoms with E-state index in [1.165, 1.54) is 0 Å². The van der Waals surface area contributed by atoms with Gasteiger partial charge in [-0.3, -0.25) is 0 Å². The molecule has 9 heteroatoms. The van der Waals surface area contributed by atoms with Gasteiger partial charge in [0, 0.05) is 19.0 Å². The minimum atomic E-state index is -3.37. The van der Waals surface area contributed by atoms with Gasteiger partial charge in [0.15, 0.2) is 0 Å². The first-order valence-corrected chi connectivity index (χ1v) is 7.82. The van der Waals surface area contributed by atoms with Crippen LogP contribution in [0.5, 0.6) is 0 Å². The Kier molecular flexibility index (Phi) is 5.91. The molecular formula is C5H13ClN2O4S2. The molecule has 0 heterocycles. The molecule has 0 aliphatic carbocycles. The van der Waals surface area contributed by atoms with Crippen molar-refractivity contribution in [1.82, 2.24) is 9.44 Å². The molecule has 0 saturated heterocycles. The Labute approximate surface area is 89.1 Å². The maximum absolute atomic E-state index is 11.0. The van der Waals surface area contributed by atoms with Gasteiger partial charge in [0.05, 0.1) is 12.0 Å². The standard InChI is InChI=1S/C5H13ClN2O4S2/c1-13(9,10)7-3-4-8-14(11,12)5-2-6/h7-8H,2-5H2,1H3. The second-order valence-electron chi connectivity index (χ2n) is 2.57. The molecule has 0 aliphatic heterocycles. The fourth-order valence-electron chi connectivity index (χ4n) is 0.617. The van der Waals surface area contributed by atoms with Gasteiger partial charge in [-0.2, -0.15) is 0 Å². The summed E-state index contributed by atoms with van der Waals surface area (Å²) in [5, 5.41) is 0. The van der Waals surface area contributed by atoms with Crippen molar-refractivity contribution in [3.63, 3.8) is 0 Å². The Morgan fingerprint density at radius 1 is 1.07 bits per heavy atom. The first kappa shape index (κ1) is 14.1. The first-order chi connectivity index (χ1) is 6.27. The molecule has 0 aromatic heterocycles. The van der Waals surface area contributed by atoms with E-state index in [-0.39, 0.29) is 24.7 Å². The van der Waals surface area contributed by atoms with E-state index in [2.05, 4.69) is 9.44 Å². The largest absolute Gasteiger partial charge is 0.214 e. The maximum atomic E-state index is 11.0. The van der Waals surface area contributed by atoms with E-state index in [1.807, 2.05) is 0 Å². The van der Waals surface area contributed by atoms with E-state index in [9.17, 15) is 16.8 Å². The highest BCUT2D eigenvalue weighted by atomic mass is 35.5. The summed E-state index contributed by atoms with van der Waals surface area (Å²) in [6, 6.07) is 0. The normalized spacial score (nSPS) is 13.0. The van der Waals surface area contributed by atoms with Crippen LogP contribution in [0.1, 0.15) is 0 Å². The molecule has 0 fully saturated rings. The lowest BCUT2D eigenvalue weighted by Crippen LogP contribution is -2.35. The molecule has 0 atom stereocenters. The van der Waals surface area contributed by atoms with Crippen molar-refractivity contribution in [2.24, 2.45) is 0 Å². The van der Waals surface area contributed by atoms with Crippen molar-refractivity contribution < 1.29 is 16.8 Å². The molecule has 0 rings (SSSR count). The first-order valence-electron chi connectivity index (χ1n) is 3.75. The van der Waals surface area contributed by atoms with Crippen LogP contribution in [0.4, 0.5) is 0 Å². The van der Waals surface area contributed by atoms with Gasteiger partial charge in [-0.25, -0.2) is 26.3 Å². The van der Waals surface area contributed by atoms with E-state index >= 15 is 0 Å². The van der Waals surface area contributed by atoms with Crippen LogP contribution in [-0.2, 0) is 20.0 Å². The van der Waals surface area contributed by atoms with Crippen LogP contribution in [0.15, 0.2) is 0 Å². The molecule has 0 aromatic rings. The van der Waals surface area contributed by atoms with Gasteiger partial charge < -0.3 is 0 Å². The minimum absolute atomic E-state index is 0.00877. The number of alkyl halides is 1. The Morgan fingerprint density at radius 2 is 1.57 bits per heavy atom. The topological polar surface area (TPSA) is 92.3 Å². The summed E-state index contributed by atoms with van der Waals surface area (Å²) in [6.07, 6.45) is 1.00. The maximum Gasteiger partial charge on any atom is 0.212 e. The van der Waals surface area contributed by atoms with Gasteiger partial charge in [-0.15, -0.1) is 11.6 Å². The van der Waals surface area contributed by atoms with Gasteiger partial charge in [-0.05, 0) is 0 Å². The van der Waals surface area contributed by atoms with Crippen molar-refractivity contribution in [1.29, 1.82) is 0 Å². The molecule has 6 nitrogen and oxygen atoms in total. The number of halogens is 1. The zero-order valence-corrected chi connectivity index (χ0v) is 10.0. The second kappa shape index (κ2) is 5.86. The summed E-state index contributed by atoms with van der Waals surface area (Å²) >= 11 is 5.24. The molecule has 0 spiro atoms. The van der Waals surface area contributed by atoms with Crippen molar-refractivity contribution in [2.75, 3.05) is 31.0 Å². The highest BCUT2D eigenvalue weighted by Gasteiger charge is 2.08. The van der Waals surface area contributed by atoms with Gasteiger partial charge >= 0.3 is 0 Å². The summed E-state index contributed by atoms with van der Waals surface area (Å²) in [4.78, 5) is 0. The van der Waals surface area contributed by atoms with Gasteiger partial charge in [0.25, 0.3) is 0 Å². The zero-order chi connectivity index (χ0) is 11.2. The lowest BCUT2D eigenvalue weighted by molar-refractivity contribution is 0.574. The van der Waals surface area contributed by atoms with Gasteiger partial charge in [0.1, 0.15) is 0 Å². The number of nitrogens with one attached hydrogen (secondary N) is 2. The van der Waals surface area contributed by atoms with E-state index in [1.54, 1.807) is 0 Å². The Bertz CT molecular complexity index is 350. The Morgan fingerprint density at radius 3 is 2.00 bits per heavy atom. The second-order valence-corrected chi connectivity index (χ2v) is 6.71. The molecule has 0 aliphatic rings. The Hall–Kier alpha value is 0.110. The third kappa shape index (κ3) is 8.70. The van der Waals surface area contributed by atoms with Crippen LogP contribution >= 0.6 is 11.6 Å². The fourth-order valence-corrected chi connectivity index (χ4v) is 2.46. The summed E-state index contributed by atoms with van der Waals surface area (Å²) in [7, 11) is -6.63. The molecule has 14 heavy (non-hydrogen) atoms. The average molecular weight is 265 g/mol. The number of hydrogen-bond acceptors (Lipinski definition) is 4. The third-order valence-electron chi connectivity index (χ3n) is 1.16. The van der Waals surface area contributed by atoms with Crippen molar-refractivity contribution >= 4 is 31.6 Å². The van der Waals surface area contributed by atoms with E-state index in [4.69, 9.17) is 11.6 Å². The molecule has 2 N–H and O–H groups in total. The molecule has 0 saturated carbocycles. The van der Waals surface area contributed by atoms with Crippen LogP contribution in [0.25, 0.3) is 0 Å². The van der Waals surface area contributed by atoms with Crippen LogP contribution < -0.4 is 9.44 Å². The van der Waals surface area contributed by atoms with Gasteiger partial charge in [-0.1, -0.05) is 0 Å². The SMILES string of the molecule is CS(=O)(=O)NCCNS(=O)(=O)CCCl. The quantitative estimate of drug-likeness (QED) is 0.441. The third-order valence-corrected chi connectivity index (χ3v) is 3.68. The minimum Gasteiger partial charge on any atom is -0.214 e. The number of sulfonamides is 2. The predicted molar refractivity (Wildman–Crippen MR) is 55.4 cm³/mol. The van der Waals surface area contributed by atoms with Crippen molar-refractivity contribution in [3.05, 3.63) is 0 Å². The number of rotatable bonds is 7.